The smallest absolute Gasteiger partial charge is 0.303 e. The molecule has 0 aliphatic heterocycles. The number of carboxylic acids is 1. The van der Waals surface area contributed by atoms with E-state index in [4.69, 9.17) is 5.11 Å². The molecular formula is C18H28O3. The first-order chi connectivity index (χ1) is 10.2. The van der Waals surface area contributed by atoms with Crippen LogP contribution < -0.4 is 0 Å². The van der Waals surface area contributed by atoms with Gasteiger partial charge in [0, 0.05) is 12.8 Å². The van der Waals surface area contributed by atoms with Crippen LogP contribution in [0.25, 0.3) is 0 Å². The normalized spacial score (nSPS) is 11.9. The number of allylic oxidation sites excluding steroid dienone is 6. The van der Waals surface area contributed by atoms with Gasteiger partial charge in [-0.25, -0.2) is 0 Å². The lowest BCUT2D eigenvalue weighted by Gasteiger charge is -1.94. The van der Waals surface area contributed by atoms with E-state index < -0.39 is 5.97 Å². The minimum atomic E-state index is -0.802. The molecule has 0 saturated carbocycles. The highest BCUT2D eigenvalue weighted by Gasteiger charge is 1.99. The summed E-state index contributed by atoms with van der Waals surface area (Å²) in [6, 6.07) is 0. The van der Waals surface area contributed by atoms with Crippen LogP contribution in [0.15, 0.2) is 36.5 Å². The molecule has 0 aromatic heterocycles. The second kappa shape index (κ2) is 14.8. The van der Waals surface area contributed by atoms with Gasteiger partial charge in [-0.15, -0.1) is 0 Å². The van der Waals surface area contributed by atoms with Crippen LogP contribution in [0, 0.1) is 0 Å². The van der Waals surface area contributed by atoms with E-state index in [0.29, 0.717) is 19.3 Å². The summed E-state index contributed by atoms with van der Waals surface area (Å²) in [6.45, 7) is 2.20. The molecule has 118 valence electrons. The predicted molar refractivity (Wildman–Crippen MR) is 87.3 cm³/mol. The Kier molecular flexibility index (Phi) is 13.6. The van der Waals surface area contributed by atoms with Gasteiger partial charge in [0.1, 0.15) is 0 Å². The fourth-order valence-corrected chi connectivity index (χ4v) is 1.78. The van der Waals surface area contributed by atoms with Gasteiger partial charge in [0.05, 0.1) is 0 Å². The molecule has 0 fully saturated rings. The highest BCUT2D eigenvalue weighted by molar-refractivity contribution is 5.89. The van der Waals surface area contributed by atoms with Crippen LogP contribution in [0.4, 0.5) is 0 Å². The van der Waals surface area contributed by atoms with Crippen molar-refractivity contribution < 1.29 is 14.7 Å². The average Bonchev–Trinajstić information content (AvgIpc) is 2.45. The second-order valence-corrected chi connectivity index (χ2v) is 5.06. The van der Waals surface area contributed by atoms with Gasteiger partial charge in [-0.2, -0.15) is 0 Å². The van der Waals surface area contributed by atoms with E-state index in [9.17, 15) is 9.59 Å². The van der Waals surface area contributed by atoms with Crippen molar-refractivity contribution in [3.8, 4) is 0 Å². The summed E-state index contributed by atoms with van der Waals surface area (Å²) in [4.78, 5) is 21.7. The van der Waals surface area contributed by atoms with Crippen molar-refractivity contribution in [2.75, 3.05) is 0 Å². The van der Waals surface area contributed by atoms with Gasteiger partial charge in [0.25, 0.3) is 0 Å². The van der Waals surface area contributed by atoms with E-state index in [1.165, 1.54) is 19.3 Å². The first kappa shape index (κ1) is 19.4. The predicted octanol–water partition coefficient (Wildman–Crippen LogP) is 4.84. The molecule has 0 heterocycles. The van der Waals surface area contributed by atoms with Gasteiger partial charge in [0.2, 0.25) is 0 Å². The maximum Gasteiger partial charge on any atom is 0.303 e. The van der Waals surface area contributed by atoms with Crippen molar-refractivity contribution in [2.24, 2.45) is 0 Å². The van der Waals surface area contributed by atoms with Crippen LogP contribution in [0.5, 0.6) is 0 Å². The molecule has 0 aliphatic rings. The maximum absolute atomic E-state index is 11.4. The molecule has 21 heavy (non-hydrogen) atoms. The summed E-state index contributed by atoms with van der Waals surface area (Å²) in [5.74, 6) is -0.746. The molecule has 3 nitrogen and oxygen atoms in total. The molecule has 0 amide bonds. The SMILES string of the molecule is CCCCC/C=C/C/C=C/C=C/C(=O)CCCCC(=O)O. The number of ketones is 1. The fraction of sp³-hybridized carbons (Fsp3) is 0.556. The van der Waals surface area contributed by atoms with Crippen LogP contribution >= 0.6 is 0 Å². The largest absolute Gasteiger partial charge is 0.481 e. The van der Waals surface area contributed by atoms with Crippen molar-refractivity contribution >= 4 is 11.8 Å². The fourth-order valence-electron chi connectivity index (χ4n) is 1.78. The summed E-state index contributed by atoms with van der Waals surface area (Å²) in [5, 5.41) is 8.47. The number of carboxylic acid groups (broad SMARTS) is 1. The molecule has 0 atom stereocenters. The van der Waals surface area contributed by atoms with Gasteiger partial charge in [0.15, 0.2) is 5.78 Å². The van der Waals surface area contributed by atoms with Crippen molar-refractivity contribution in [1.82, 2.24) is 0 Å². The van der Waals surface area contributed by atoms with E-state index in [0.717, 1.165) is 12.8 Å². The quantitative estimate of drug-likeness (QED) is 0.229. The highest BCUT2D eigenvalue weighted by atomic mass is 16.4. The molecular weight excluding hydrogens is 264 g/mol. The Bertz CT molecular complexity index is 365. The Labute approximate surface area is 128 Å². The number of carbonyl (C=O) groups is 2. The monoisotopic (exact) mass is 292 g/mol. The van der Waals surface area contributed by atoms with Crippen molar-refractivity contribution in [2.45, 2.75) is 64.7 Å². The molecule has 0 aromatic carbocycles. The second-order valence-electron chi connectivity index (χ2n) is 5.06. The number of aliphatic carboxylic acids is 1. The minimum absolute atomic E-state index is 0.0557. The lowest BCUT2D eigenvalue weighted by molar-refractivity contribution is -0.137. The molecule has 0 bridgehead atoms. The summed E-state index contributed by atoms with van der Waals surface area (Å²) >= 11 is 0. The Balaban J connectivity index is 3.57. The first-order valence-corrected chi connectivity index (χ1v) is 7.89. The first-order valence-electron chi connectivity index (χ1n) is 7.89. The van der Waals surface area contributed by atoms with Crippen molar-refractivity contribution in [1.29, 1.82) is 0 Å². The third-order valence-electron chi connectivity index (χ3n) is 3.01. The Morgan fingerprint density at radius 2 is 1.67 bits per heavy atom. The van der Waals surface area contributed by atoms with Gasteiger partial charge < -0.3 is 5.11 Å². The van der Waals surface area contributed by atoms with Crippen LogP contribution in [-0.4, -0.2) is 16.9 Å². The minimum Gasteiger partial charge on any atom is -0.481 e. The van der Waals surface area contributed by atoms with Crippen LogP contribution in [0.3, 0.4) is 0 Å². The number of hydrogen-bond donors (Lipinski definition) is 1. The third kappa shape index (κ3) is 16.3. The zero-order valence-corrected chi connectivity index (χ0v) is 13.1. The zero-order chi connectivity index (χ0) is 15.8. The number of rotatable bonds is 13. The molecule has 1 N–H and O–H groups in total. The van der Waals surface area contributed by atoms with Crippen molar-refractivity contribution in [3.05, 3.63) is 36.5 Å². The van der Waals surface area contributed by atoms with Crippen molar-refractivity contribution in [3.63, 3.8) is 0 Å². The van der Waals surface area contributed by atoms with E-state index >= 15 is 0 Å². The van der Waals surface area contributed by atoms with Gasteiger partial charge in [-0.05, 0) is 38.2 Å². The third-order valence-corrected chi connectivity index (χ3v) is 3.01. The lowest BCUT2D eigenvalue weighted by Crippen LogP contribution is -1.96. The van der Waals surface area contributed by atoms with E-state index in [1.807, 2.05) is 12.2 Å². The number of hydrogen-bond acceptors (Lipinski definition) is 2. The summed E-state index contributed by atoms with van der Waals surface area (Å²) in [7, 11) is 0. The summed E-state index contributed by atoms with van der Waals surface area (Å²) < 4.78 is 0. The van der Waals surface area contributed by atoms with E-state index in [-0.39, 0.29) is 12.2 Å². The summed E-state index contributed by atoms with van der Waals surface area (Å²) in [6.07, 6.45) is 19.2. The van der Waals surface area contributed by atoms with E-state index in [2.05, 4.69) is 19.1 Å². The molecule has 0 aliphatic carbocycles. The number of carbonyl (C=O) groups excluding carboxylic acids is 1. The highest BCUT2D eigenvalue weighted by Crippen LogP contribution is 2.02. The Hall–Kier alpha value is -1.64. The Morgan fingerprint density at radius 1 is 0.905 bits per heavy atom. The number of unbranched alkanes of at least 4 members (excludes halogenated alkanes) is 4. The molecule has 0 unspecified atom stereocenters. The Morgan fingerprint density at radius 3 is 2.38 bits per heavy atom. The van der Waals surface area contributed by atoms with Gasteiger partial charge in [-0.3, -0.25) is 9.59 Å². The average molecular weight is 292 g/mol. The molecule has 0 aromatic rings. The van der Waals surface area contributed by atoms with Crippen LogP contribution in [0.2, 0.25) is 0 Å². The molecule has 0 spiro atoms. The van der Waals surface area contributed by atoms with Crippen LogP contribution in [0.1, 0.15) is 64.7 Å². The molecule has 3 heteroatoms. The molecule has 0 saturated heterocycles. The molecule has 0 rings (SSSR count). The topological polar surface area (TPSA) is 54.4 Å². The van der Waals surface area contributed by atoms with Crippen LogP contribution in [-0.2, 0) is 9.59 Å². The van der Waals surface area contributed by atoms with Gasteiger partial charge in [-0.1, -0.05) is 50.1 Å². The maximum atomic E-state index is 11.4. The standard InChI is InChI=1S/C18H28O3/c1-2-3-4-5-6-7-8-9-10-11-14-17(19)15-12-13-16-18(20)21/h6-7,9-11,14H,2-5,8,12-13,15-16H2,1H3,(H,20,21)/b7-6+,10-9+,14-11+. The van der Waals surface area contributed by atoms with Gasteiger partial charge >= 0.3 is 5.97 Å². The van der Waals surface area contributed by atoms with E-state index in [1.54, 1.807) is 12.2 Å². The summed E-state index contributed by atoms with van der Waals surface area (Å²) in [5.41, 5.74) is 0. The lowest BCUT2D eigenvalue weighted by atomic mass is 10.1. The zero-order valence-electron chi connectivity index (χ0n) is 13.1. The molecule has 0 radical (unpaired) electrons.